The Bertz CT molecular complexity index is 986. The fourth-order valence-corrected chi connectivity index (χ4v) is 4.96. The van der Waals surface area contributed by atoms with Crippen LogP contribution in [0, 0.1) is 0 Å². The molecule has 0 spiro atoms. The average Bonchev–Trinajstić information content (AvgIpc) is 3.28. The van der Waals surface area contributed by atoms with Gasteiger partial charge in [-0.1, -0.05) is 12.8 Å². The van der Waals surface area contributed by atoms with Gasteiger partial charge in [-0.05, 0) is 55.3 Å². The third-order valence-electron chi connectivity index (χ3n) is 5.11. The normalized spacial score (nSPS) is 14.3. The first-order valence-corrected chi connectivity index (χ1v) is 11.7. The van der Waals surface area contributed by atoms with Crippen molar-refractivity contribution in [3.05, 3.63) is 48.0 Å². The van der Waals surface area contributed by atoms with E-state index >= 15 is 0 Å². The highest BCUT2D eigenvalue weighted by molar-refractivity contribution is 7.89. The largest absolute Gasteiger partial charge is 0.497 e. The summed E-state index contributed by atoms with van der Waals surface area (Å²) in [5, 5.41) is 2.74. The molecule has 1 saturated carbocycles. The van der Waals surface area contributed by atoms with Gasteiger partial charge in [-0.25, -0.2) is 13.1 Å². The SMILES string of the molecule is COc1ccc(OCCNC(=O)c2ccc(OC)c(S(=O)(=O)NC3CCCC3)c2)cc1. The maximum Gasteiger partial charge on any atom is 0.251 e. The highest BCUT2D eigenvalue weighted by Gasteiger charge is 2.26. The Morgan fingerprint density at radius 3 is 2.32 bits per heavy atom. The van der Waals surface area contributed by atoms with Gasteiger partial charge in [-0.3, -0.25) is 4.79 Å². The molecule has 0 saturated heterocycles. The lowest BCUT2D eigenvalue weighted by Gasteiger charge is -2.16. The van der Waals surface area contributed by atoms with Gasteiger partial charge in [0.1, 0.15) is 28.8 Å². The lowest BCUT2D eigenvalue weighted by atomic mass is 10.2. The fourth-order valence-electron chi connectivity index (χ4n) is 3.46. The second-order valence-corrected chi connectivity index (χ2v) is 8.93. The van der Waals surface area contributed by atoms with Crippen molar-refractivity contribution < 1.29 is 27.4 Å². The van der Waals surface area contributed by atoms with E-state index in [1.165, 1.54) is 25.3 Å². The van der Waals surface area contributed by atoms with Gasteiger partial charge < -0.3 is 19.5 Å². The number of amides is 1. The van der Waals surface area contributed by atoms with Gasteiger partial charge >= 0.3 is 0 Å². The minimum atomic E-state index is -3.80. The van der Waals surface area contributed by atoms with Crippen molar-refractivity contribution >= 4 is 15.9 Å². The fraction of sp³-hybridized carbons (Fsp3) is 0.409. The van der Waals surface area contributed by atoms with E-state index in [0.717, 1.165) is 31.4 Å². The molecule has 1 aliphatic carbocycles. The first-order chi connectivity index (χ1) is 14.9. The number of hydrogen-bond acceptors (Lipinski definition) is 6. The molecule has 3 rings (SSSR count). The zero-order valence-corrected chi connectivity index (χ0v) is 18.5. The minimum absolute atomic E-state index is 0.0379. The van der Waals surface area contributed by atoms with Gasteiger partial charge in [0.15, 0.2) is 0 Å². The number of hydrogen-bond donors (Lipinski definition) is 2. The number of sulfonamides is 1. The molecule has 1 fully saturated rings. The summed E-state index contributed by atoms with van der Waals surface area (Å²) in [5.74, 6) is 1.20. The average molecular weight is 449 g/mol. The standard InChI is InChI=1S/C22H28N2O6S/c1-28-18-8-10-19(11-9-18)30-14-13-23-22(25)16-7-12-20(29-2)21(15-16)31(26,27)24-17-5-3-4-6-17/h7-12,15,17,24H,3-6,13-14H2,1-2H3,(H,23,25). The first kappa shape index (κ1) is 22.9. The molecule has 2 aromatic carbocycles. The molecule has 0 heterocycles. The lowest BCUT2D eigenvalue weighted by molar-refractivity contribution is 0.0946. The van der Waals surface area contributed by atoms with E-state index in [1.54, 1.807) is 31.4 Å². The van der Waals surface area contributed by atoms with Gasteiger partial charge in [0.2, 0.25) is 10.0 Å². The van der Waals surface area contributed by atoms with Crippen molar-refractivity contribution in [1.29, 1.82) is 0 Å². The molecule has 0 aromatic heterocycles. The van der Waals surface area contributed by atoms with E-state index in [-0.39, 0.29) is 35.4 Å². The number of ether oxygens (including phenoxy) is 3. The Balaban J connectivity index is 1.60. The van der Waals surface area contributed by atoms with Crippen molar-refractivity contribution in [2.75, 3.05) is 27.4 Å². The van der Waals surface area contributed by atoms with Crippen molar-refractivity contribution in [3.8, 4) is 17.2 Å². The molecule has 0 unspecified atom stereocenters. The zero-order valence-electron chi connectivity index (χ0n) is 17.7. The molecule has 0 radical (unpaired) electrons. The van der Waals surface area contributed by atoms with Crippen LogP contribution in [0.2, 0.25) is 0 Å². The molecule has 2 N–H and O–H groups in total. The molecular formula is C22H28N2O6S. The van der Waals surface area contributed by atoms with Crippen LogP contribution in [0.1, 0.15) is 36.0 Å². The molecule has 9 heteroatoms. The number of methoxy groups -OCH3 is 2. The summed E-state index contributed by atoms with van der Waals surface area (Å²) in [5.41, 5.74) is 0.233. The lowest BCUT2D eigenvalue weighted by Crippen LogP contribution is -2.33. The number of carbonyl (C=O) groups is 1. The van der Waals surface area contributed by atoms with Crippen LogP contribution in [0.5, 0.6) is 17.2 Å². The van der Waals surface area contributed by atoms with Gasteiger partial charge in [0.05, 0.1) is 20.8 Å². The smallest absolute Gasteiger partial charge is 0.251 e. The Morgan fingerprint density at radius 1 is 1.00 bits per heavy atom. The quantitative estimate of drug-likeness (QED) is 0.542. The van der Waals surface area contributed by atoms with Crippen molar-refractivity contribution in [1.82, 2.24) is 10.0 Å². The number of nitrogens with one attached hydrogen (secondary N) is 2. The van der Waals surface area contributed by atoms with E-state index in [4.69, 9.17) is 14.2 Å². The maximum atomic E-state index is 12.9. The van der Waals surface area contributed by atoms with Crippen molar-refractivity contribution in [2.24, 2.45) is 0 Å². The highest BCUT2D eigenvalue weighted by Crippen LogP contribution is 2.27. The highest BCUT2D eigenvalue weighted by atomic mass is 32.2. The molecule has 1 amide bonds. The van der Waals surface area contributed by atoms with E-state index < -0.39 is 15.9 Å². The summed E-state index contributed by atoms with van der Waals surface area (Å²) < 4.78 is 44.3. The summed E-state index contributed by atoms with van der Waals surface area (Å²) in [6, 6.07) is 11.4. The monoisotopic (exact) mass is 448 g/mol. The molecule has 2 aromatic rings. The third kappa shape index (κ3) is 6.11. The predicted molar refractivity (Wildman–Crippen MR) is 116 cm³/mol. The molecular weight excluding hydrogens is 420 g/mol. The summed E-state index contributed by atoms with van der Waals surface area (Å²) in [6.07, 6.45) is 3.64. The van der Waals surface area contributed by atoms with Crippen LogP contribution >= 0.6 is 0 Å². The molecule has 1 aliphatic rings. The Morgan fingerprint density at radius 2 is 1.68 bits per heavy atom. The number of benzene rings is 2. The Kier molecular flexibility index (Phi) is 7.75. The van der Waals surface area contributed by atoms with Crippen LogP contribution in [0.25, 0.3) is 0 Å². The second-order valence-electron chi connectivity index (χ2n) is 7.25. The van der Waals surface area contributed by atoms with E-state index in [2.05, 4.69) is 10.0 Å². The van der Waals surface area contributed by atoms with E-state index in [0.29, 0.717) is 5.75 Å². The molecule has 8 nitrogen and oxygen atoms in total. The summed E-state index contributed by atoms with van der Waals surface area (Å²) in [6.45, 7) is 0.530. The number of rotatable bonds is 10. The Labute approximate surface area is 182 Å². The van der Waals surface area contributed by atoms with Gasteiger partial charge in [0.25, 0.3) is 5.91 Å². The molecule has 168 valence electrons. The molecule has 0 aliphatic heterocycles. The van der Waals surface area contributed by atoms with Crippen LogP contribution in [-0.4, -0.2) is 47.7 Å². The van der Waals surface area contributed by atoms with Crippen molar-refractivity contribution in [2.45, 2.75) is 36.6 Å². The van der Waals surface area contributed by atoms with Gasteiger partial charge in [-0.15, -0.1) is 0 Å². The zero-order chi connectivity index (χ0) is 22.3. The topological polar surface area (TPSA) is 103 Å². The third-order valence-corrected chi connectivity index (χ3v) is 6.65. The molecule has 0 bridgehead atoms. The van der Waals surface area contributed by atoms with E-state index in [1.807, 2.05) is 0 Å². The first-order valence-electron chi connectivity index (χ1n) is 10.2. The predicted octanol–water partition coefficient (Wildman–Crippen LogP) is 2.73. The van der Waals surface area contributed by atoms with Crippen molar-refractivity contribution in [3.63, 3.8) is 0 Å². The van der Waals surface area contributed by atoms with Crippen LogP contribution in [0.15, 0.2) is 47.4 Å². The van der Waals surface area contributed by atoms with Crippen LogP contribution in [-0.2, 0) is 10.0 Å². The van der Waals surface area contributed by atoms with Gasteiger partial charge in [0, 0.05) is 11.6 Å². The molecule has 0 atom stereocenters. The number of carbonyl (C=O) groups excluding carboxylic acids is 1. The molecule has 31 heavy (non-hydrogen) atoms. The van der Waals surface area contributed by atoms with Crippen LogP contribution in [0.4, 0.5) is 0 Å². The van der Waals surface area contributed by atoms with Gasteiger partial charge in [-0.2, -0.15) is 0 Å². The minimum Gasteiger partial charge on any atom is -0.497 e. The van der Waals surface area contributed by atoms with Crippen LogP contribution < -0.4 is 24.2 Å². The van der Waals surface area contributed by atoms with Crippen LogP contribution in [0.3, 0.4) is 0 Å². The second kappa shape index (κ2) is 10.5. The Hall–Kier alpha value is -2.78. The van der Waals surface area contributed by atoms with E-state index in [9.17, 15) is 13.2 Å². The summed E-state index contributed by atoms with van der Waals surface area (Å²) in [4.78, 5) is 12.5. The summed E-state index contributed by atoms with van der Waals surface area (Å²) >= 11 is 0. The maximum absolute atomic E-state index is 12.9. The summed E-state index contributed by atoms with van der Waals surface area (Å²) in [7, 11) is -0.807.